The number of hydrogen-bond donors (Lipinski definition) is 3. The number of anilines is 1. The van der Waals surface area contributed by atoms with Gasteiger partial charge in [0.1, 0.15) is 34.1 Å². The molecule has 0 spiro atoms. The summed E-state index contributed by atoms with van der Waals surface area (Å²) in [6.07, 6.45) is 6.59. The van der Waals surface area contributed by atoms with E-state index < -0.39 is 45.4 Å². The molecule has 0 radical (unpaired) electrons. The average Bonchev–Trinajstić information content (AvgIpc) is 3.70. The Morgan fingerprint density at radius 2 is 1.76 bits per heavy atom. The molecule has 0 unspecified atom stereocenters. The van der Waals surface area contributed by atoms with Gasteiger partial charge in [-0.2, -0.15) is 0 Å². The molecule has 4 amide bonds. The molecule has 13 nitrogen and oxygen atoms in total. The topological polar surface area (TPSA) is 173 Å². The molecule has 1 saturated heterocycles. The van der Waals surface area contributed by atoms with Crippen LogP contribution in [0.15, 0.2) is 95.9 Å². The summed E-state index contributed by atoms with van der Waals surface area (Å²) in [4.78, 5) is 59.8. The Bertz CT molecular complexity index is 2280. The monoisotopic (exact) mass is 765 g/mol. The third-order valence-electron chi connectivity index (χ3n) is 10.4. The Hall–Kier alpha value is -5.76. The van der Waals surface area contributed by atoms with Crippen LogP contribution in [0.4, 0.5) is 5.69 Å². The molecule has 3 aliphatic rings. The Balaban J connectivity index is 1.15. The van der Waals surface area contributed by atoms with Gasteiger partial charge in [0.25, 0.3) is 15.9 Å². The lowest BCUT2D eigenvalue weighted by atomic mass is 10.1. The third kappa shape index (κ3) is 8.04. The van der Waals surface area contributed by atoms with Crippen LogP contribution >= 0.6 is 0 Å². The van der Waals surface area contributed by atoms with Gasteiger partial charge in [-0.3, -0.25) is 19.2 Å². The summed E-state index contributed by atoms with van der Waals surface area (Å²) >= 11 is 0. The normalized spacial score (nSPS) is 24.4. The van der Waals surface area contributed by atoms with Crippen molar-refractivity contribution in [2.24, 2.45) is 5.92 Å². The van der Waals surface area contributed by atoms with Crippen molar-refractivity contribution < 1.29 is 37.1 Å². The van der Waals surface area contributed by atoms with Crippen molar-refractivity contribution in [2.75, 3.05) is 19.0 Å². The minimum absolute atomic E-state index is 0.0522. The summed E-state index contributed by atoms with van der Waals surface area (Å²) in [6, 6.07) is 21.8. The van der Waals surface area contributed by atoms with Crippen molar-refractivity contribution in [3.05, 3.63) is 91.0 Å². The van der Waals surface area contributed by atoms with Crippen LogP contribution in [0, 0.1) is 5.92 Å². The van der Waals surface area contributed by atoms with Crippen LogP contribution in [-0.2, 0) is 29.2 Å². The van der Waals surface area contributed by atoms with E-state index in [1.807, 2.05) is 60.7 Å². The van der Waals surface area contributed by atoms with Crippen molar-refractivity contribution in [1.29, 1.82) is 0 Å². The van der Waals surface area contributed by atoms with E-state index in [1.165, 1.54) is 30.0 Å². The van der Waals surface area contributed by atoms with Gasteiger partial charge in [0, 0.05) is 48.8 Å². The fourth-order valence-corrected chi connectivity index (χ4v) is 8.57. The molecule has 1 saturated carbocycles. The zero-order valence-electron chi connectivity index (χ0n) is 30.6. The van der Waals surface area contributed by atoms with Crippen molar-refractivity contribution >= 4 is 50.2 Å². The van der Waals surface area contributed by atoms with Crippen LogP contribution in [0.5, 0.6) is 11.5 Å². The van der Waals surface area contributed by atoms with Crippen molar-refractivity contribution in [1.82, 2.24) is 19.9 Å². The number of nitrogens with one attached hydrogen (secondary N) is 3. The summed E-state index contributed by atoms with van der Waals surface area (Å²) in [7, 11) is -2.90. The smallest absolute Gasteiger partial charge is 0.266 e. The number of likely N-dealkylation sites (tertiary alicyclic amines) is 1. The first-order chi connectivity index (χ1) is 26.5. The van der Waals surface area contributed by atoms with Gasteiger partial charge in [-0.25, -0.2) is 18.1 Å². The number of ether oxygens (including phenoxy) is 2. The predicted octanol–water partition coefficient (Wildman–Crippen LogP) is 5.12. The van der Waals surface area contributed by atoms with Gasteiger partial charge >= 0.3 is 0 Å². The summed E-state index contributed by atoms with van der Waals surface area (Å²) in [6.45, 7) is 1.47. The highest BCUT2D eigenvalue weighted by Crippen LogP contribution is 2.46. The number of nitrogens with zero attached hydrogens (tertiary/aromatic N) is 2. The van der Waals surface area contributed by atoms with Gasteiger partial charge in [-0.15, -0.1) is 0 Å². The molecule has 0 bridgehead atoms. The fourth-order valence-electron chi connectivity index (χ4n) is 7.37. The van der Waals surface area contributed by atoms with E-state index in [1.54, 1.807) is 19.2 Å². The molecule has 55 heavy (non-hydrogen) atoms. The van der Waals surface area contributed by atoms with E-state index in [4.69, 9.17) is 14.5 Å². The highest BCUT2D eigenvalue weighted by atomic mass is 32.2. The molecule has 3 heterocycles. The lowest BCUT2D eigenvalue weighted by Gasteiger charge is -2.25. The molecule has 2 aliphatic heterocycles. The van der Waals surface area contributed by atoms with Gasteiger partial charge in [0.2, 0.25) is 17.7 Å². The van der Waals surface area contributed by atoms with Crippen LogP contribution in [0.25, 0.3) is 22.2 Å². The molecule has 14 heteroatoms. The molecule has 2 fully saturated rings. The summed E-state index contributed by atoms with van der Waals surface area (Å²) in [5.41, 5.74) is 0.661. The van der Waals surface area contributed by atoms with Gasteiger partial charge in [-0.1, -0.05) is 61.0 Å². The average molecular weight is 766 g/mol. The first kappa shape index (κ1) is 37.6. The van der Waals surface area contributed by atoms with Crippen LogP contribution in [-0.4, -0.2) is 73.3 Å². The maximum Gasteiger partial charge on any atom is 0.266 e. The molecule has 7 rings (SSSR count). The molecule has 1 aromatic heterocycles. The first-order valence-electron chi connectivity index (χ1n) is 18.4. The fraction of sp³-hybridized carbons (Fsp3) is 0.341. The van der Waals surface area contributed by atoms with Crippen LogP contribution in [0.2, 0.25) is 0 Å². The summed E-state index contributed by atoms with van der Waals surface area (Å²) in [5, 5.41) is 6.25. The van der Waals surface area contributed by atoms with Crippen LogP contribution < -0.4 is 24.8 Å². The lowest BCUT2D eigenvalue weighted by Crippen LogP contribution is -2.56. The number of sulfonamides is 1. The second-order valence-corrected chi connectivity index (χ2v) is 15.8. The number of hydrogen-bond acceptors (Lipinski definition) is 9. The lowest BCUT2D eigenvalue weighted by molar-refractivity contribution is -0.138. The molecule has 286 valence electrons. The molecule has 4 atom stereocenters. The molecular weight excluding hydrogens is 723 g/mol. The Labute approximate surface area is 319 Å². The number of allylic oxidation sites excluding steroid dienone is 1. The van der Waals surface area contributed by atoms with Gasteiger partial charge < -0.3 is 25.0 Å². The molecule has 1 aliphatic carbocycles. The summed E-state index contributed by atoms with van der Waals surface area (Å²) in [5.74, 6) is -1.52. The van der Waals surface area contributed by atoms with Crippen LogP contribution in [0.3, 0.4) is 0 Å². The zero-order chi connectivity index (χ0) is 38.7. The highest BCUT2D eigenvalue weighted by molar-refractivity contribution is 7.90. The Morgan fingerprint density at radius 3 is 2.55 bits per heavy atom. The van der Waals surface area contributed by atoms with Crippen molar-refractivity contribution in [3.8, 4) is 22.8 Å². The predicted molar refractivity (Wildman–Crippen MR) is 206 cm³/mol. The van der Waals surface area contributed by atoms with Gasteiger partial charge in [-0.05, 0) is 49.9 Å². The molecule has 3 N–H and O–H groups in total. The van der Waals surface area contributed by atoms with Gasteiger partial charge in [0.15, 0.2) is 0 Å². The van der Waals surface area contributed by atoms with E-state index >= 15 is 0 Å². The van der Waals surface area contributed by atoms with E-state index in [-0.39, 0.29) is 48.2 Å². The minimum atomic E-state index is -4.48. The van der Waals surface area contributed by atoms with Crippen LogP contribution in [0.1, 0.15) is 51.9 Å². The largest absolute Gasteiger partial charge is 0.497 e. The molecule has 4 aromatic rings. The maximum absolute atomic E-state index is 14.2. The van der Waals surface area contributed by atoms with E-state index in [9.17, 15) is 27.6 Å². The van der Waals surface area contributed by atoms with Gasteiger partial charge in [0.05, 0.1) is 30.6 Å². The number of rotatable bonds is 6. The number of benzene rings is 3. The Morgan fingerprint density at radius 1 is 0.982 bits per heavy atom. The van der Waals surface area contributed by atoms with E-state index in [2.05, 4.69) is 15.4 Å². The number of aromatic nitrogens is 1. The number of carbonyl (C=O) groups is 4. The Kier molecular flexibility index (Phi) is 10.6. The summed E-state index contributed by atoms with van der Waals surface area (Å²) < 4.78 is 41.5. The van der Waals surface area contributed by atoms with E-state index in [0.717, 1.165) is 23.8 Å². The quantitative estimate of drug-likeness (QED) is 0.225. The SMILES string of the molecule is COc1ccc2c(O[C@@H]3C[C@@H](C(=O)N[C@]45C[C@@H]4/C=C/CCCCCC(=O)Nc4ccccc4S(=O)(=O)NC5=O)N(C(C)=O)C3)cc(-c3ccccc3)nc2c1. The highest BCUT2D eigenvalue weighted by Gasteiger charge is 2.61. The number of amides is 4. The number of pyridine rings is 1. The standard InChI is InChI=1S/C41H43N5O8S/c1-26(47)46-25-30(54-36-23-33(27-13-7-6-8-14-27)42-34-21-29(53-2)19-20-31(34)36)22-35(46)39(49)44-41-24-28(41)15-9-4-3-5-10-18-38(48)43-32-16-11-12-17-37(32)55(51,52)45-40(41)50/h6-9,11-17,19-21,23,28,30,35H,3-5,10,18,22,24-25H2,1-2H3,(H,43,48)(H,44,49)(H,45,50)/b15-9+/t28-,30+,35-,41+/m0/s1. The first-order valence-corrected chi connectivity index (χ1v) is 19.9. The number of fused-ring (bicyclic) bond motifs is 3. The maximum atomic E-state index is 14.2. The second kappa shape index (κ2) is 15.5. The zero-order valence-corrected chi connectivity index (χ0v) is 31.4. The number of carbonyl (C=O) groups excluding carboxylic acids is 4. The number of para-hydroxylation sites is 1. The van der Waals surface area contributed by atoms with Crippen molar-refractivity contribution in [2.45, 2.75) is 74.4 Å². The molecular formula is C41H43N5O8S. The third-order valence-corrected chi connectivity index (χ3v) is 11.8. The minimum Gasteiger partial charge on any atom is -0.497 e. The number of methoxy groups -OCH3 is 1. The molecule has 3 aromatic carbocycles. The van der Waals surface area contributed by atoms with E-state index in [0.29, 0.717) is 35.6 Å². The second-order valence-electron chi connectivity index (χ2n) is 14.2. The van der Waals surface area contributed by atoms with Crippen molar-refractivity contribution in [3.63, 3.8) is 0 Å².